The molecular formula is C114H186O16S7Y2. The minimum Gasteiger partial charge on any atom is -0.393 e. The molecule has 25 heteroatoms. The van der Waals surface area contributed by atoms with E-state index in [1.54, 1.807) is 0 Å². The maximum Gasteiger partial charge on any atom is 0.166 e. The first-order valence-corrected chi connectivity index (χ1v) is 54.7. The van der Waals surface area contributed by atoms with Crippen LogP contribution in [-0.2, 0) is 82.8 Å². The number of thioether (sulfide) groups is 2. The molecule has 0 aliphatic heterocycles. The number of hydrogen-bond donors (Lipinski definition) is 9. The van der Waals surface area contributed by atoms with E-state index in [-0.39, 0.29) is 202 Å². The molecule has 6 unspecified atom stereocenters. The van der Waals surface area contributed by atoms with Crippen molar-refractivity contribution in [3.8, 4) is 23.0 Å². The molecule has 786 valence electrons. The first kappa shape index (κ1) is 139. The third-order valence-electron chi connectivity index (χ3n) is 28.7. The Balaban J connectivity index is 0. The summed E-state index contributed by atoms with van der Waals surface area (Å²) in [4.78, 5) is 24.0. The molecule has 0 bridgehead atoms. The number of hydrogen-bond acceptors (Lipinski definition) is 23. The molecule has 2 radical (unpaired) electrons. The summed E-state index contributed by atoms with van der Waals surface area (Å²) in [5.74, 6) is 7.75. The van der Waals surface area contributed by atoms with Crippen molar-refractivity contribution in [2.75, 3.05) is 34.5 Å². The van der Waals surface area contributed by atoms with Crippen molar-refractivity contribution < 1.29 is 143 Å². The molecule has 0 spiro atoms. The predicted molar refractivity (Wildman–Crippen MR) is 592 cm³/mol. The zero-order chi connectivity index (χ0) is 94.6. The molecule has 7 aromatic rings. The zero-order valence-electron chi connectivity index (χ0n) is 81.5. The first-order chi connectivity index (χ1) is 63.0. The Hall–Kier alpha value is -2.08. The van der Waals surface area contributed by atoms with Gasteiger partial charge in [0.1, 0.15) is 0 Å². The first-order valence-electron chi connectivity index (χ1n) is 48.6. The van der Waals surface area contributed by atoms with Gasteiger partial charge < -0.3 is 60.4 Å². The molecule has 8 saturated carbocycles. The molecule has 15 rings (SSSR count). The Morgan fingerprint density at radius 3 is 0.532 bits per heavy atom. The maximum absolute atomic E-state index is 10.1. The van der Waals surface area contributed by atoms with Gasteiger partial charge in [-0.2, -0.15) is 0 Å². The molecule has 139 heavy (non-hydrogen) atoms. The van der Waals surface area contributed by atoms with E-state index in [2.05, 4.69) is 130 Å². The molecular weight excluding hydrogens is 2030 g/mol. The van der Waals surface area contributed by atoms with Crippen LogP contribution in [0.5, 0.6) is 23.0 Å². The van der Waals surface area contributed by atoms with Crippen LogP contribution in [-0.4, -0.2) is 124 Å². The van der Waals surface area contributed by atoms with E-state index in [4.69, 9.17) is 36.9 Å². The van der Waals surface area contributed by atoms with Gasteiger partial charge in [-0.3, -0.25) is 0 Å². The van der Waals surface area contributed by atoms with Crippen LogP contribution in [0.25, 0.3) is 0 Å². The molecule has 0 heterocycles. The topological polar surface area (TPSA) is 236 Å². The second-order valence-corrected chi connectivity index (χ2v) is 45.3. The monoisotopic (exact) mass is 2210 g/mol. The van der Waals surface area contributed by atoms with E-state index in [1.165, 1.54) is 161 Å². The van der Waals surface area contributed by atoms with Gasteiger partial charge in [0.15, 0.2) is 23.0 Å². The SMILES string of the molecule is C.C.C.C.C.C.CC1(C(O)CCSOOc2ccccc2)CCC1.CC1(C(O)CCSOOc2ccccc2)CCC1.CC1(C(O)CCSOOc2ccccc2)CCC1.CC1(C(O)CCSOOc2ccccc2)CCC1.CC1(C(O)CCSc2ccccc2)CCC1.CC1(C(O)CCSc2ccccc2)CCC1.CCC[C@@H](O)C1(C)CCC1.CCC[C@H](O)C1(C)CCC1.Sc1ccccc1.[Y].[Y]. The van der Waals surface area contributed by atoms with Crippen molar-refractivity contribution in [3.63, 3.8) is 0 Å². The second-order valence-electron chi connectivity index (χ2n) is 39.3. The van der Waals surface area contributed by atoms with Gasteiger partial charge in [-0.25, -0.2) is 0 Å². The smallest absolute Gasteiger partial charge is 0.166 e. The number of para-hydroxylation sites is 4. The van der Waals surface area contributed by atoms with Gasteiger partial charge in [0.2, 0.25) is 0 Å². The van der Waals surface area contributed by atoms with Crippen molar-refractivity contribution in [1.29, 1.82) is 0 Å². The number of rotatable bonds is 44. The van der Waals surface area contributed by atoms with E-state index >= 15 is 0 Å². The average Bonchev–Trinajstić information content (AvgIpc) is 0.854. The standard InChI is InChI=1S/4C14H20O3S.2C14H20OS.2C9H18O.C6H6S.6CH4.2Y/c4*1-14(9-5-10-14)13(15)8-11-18-17-16-12-6-3-2-4-7-12;2*1-14(9-5-10-14)13(15)8-11-16-12-6-3-2-4-7-12;2*1-3-5-8(10)9(2)6-4-7-9;7-6-4-2-1-3-5-6;;;;;;;;/h4*2-4,6-7,13,15H,5,8-11H2,1H3;2*2-4,6-7,13,15H,5,8-11H2,1H3;2*8,10H,3-7H2,1-2H3;1-5,7H;6*1H4;;/t;;;;;;2*8-;;;;;;;;;/m......10........./s1. The molecule has 16 nitrogen and oxygen atoms in total. The van der Waals surface area contributed by atoms with Gasteiger partial charge in [0.05, 0.1) is 48.8 Å². The van der Waals surface area contributed by atoms with Crippen LogP contribution in [0.3, 0.4) is 0 Å². The summed E-state index contributed by atoms with van der Waals surface area (Å²) in [6.45, 7) is 21.7. The Kier molecular flexibility index (Phi) is 76.4. The van der Waals surface area contributed by atoms with Crippen LogP contribution in [0, 0.1) is 43.3 Å². The van der Waals surface area contributed by atoms with Gasteiger partial charge in [0.25, 0.3) is 0 Å². The number of benzene rings is 7. The Bertz CT molecular complexity index is 3610. The van der Waals surface area contributed by atoms with Crippen LogP contribution < -0.4 is 19.6 Å². The number of aliphatic hydroxyl groups excluding tert-OH is 8. The van der Waals surface area contributed by atoms with E-state index in [0.717, 1.165) is 155 Å². The molecule has 8 atom stereocenters. The van der Waals surface area contributed by atoms with Crippen LogP contribution in [0.2, 0.25) is 0 Å². The molecule has 8 aliphatic carbocycles. The fourth-order valence-corrected chi connectivity index (χ4v) is 20.9. The largest absolute Gasteiger partial charge is 0.393 e. The van der Waals surface area contributed by atoms with Crippen molar-refractivity contribution >= 4 is 84.3 Å². The van der Waals surface area contributed by atoms with E-state index in [1.807, 2.05) is 187 Å². The van der Waals surface area contributed by atoms with Gasteiger partial charge in [0, 0.05) is 163 Å². The maximum atomic E-state index is 10.1. The minimum absolute atomic E-state index is 0. The fourth-order valence-electron chi connectivity index (χ4n) is 16.8. The van der Waals surface area contributed by atoms with Crippen LogP contribution in [0.1, 0.15) is 332 Å². The van der Waals surface area contributed by atoms with Crippen LogP contribution >= 0.6 is 84.3 Å². The molecule has 7 aromatic carbocycles. The Morgan fingerprint density at radius 2 is 0.388 bits per heavy atom. The van der Waals surface area contributed by atoms with Crippen LogP contribution in [0.4, 0.5) is 0 Å². The third-order valence-corrected chi connectivity index (χ3v) is 33.3. The normalized spacial score (nSPS) is 18.6. The molecule has 0 saturated heterocycles. The van der Waals surface area contributed by atoms with E-state index in [9.17, 15) is 40.9 Å². The van der Waals surface area contributed by atoms with Gasteiger partial charge in [-0.1, -0.05) is 305 Å². The summed E-state index contributed by atoms with van der Waals surface area (Å²) in [5, 5.41) is 79.6. The summed E-state index contributed by atoms with van der Waals surface area (Å²) in [7, 11) is 0. The quantitative estimate of drug-likeness (QED) is 0.00431. The van der Waals surface area contributed by atoms with Crippen molar-refractivity contribution in [3.05, 3.63) is 212 Å². The van der Waals surface area contributed by atoms with Gasteiger partial charge >= 0.3 is 0 Å². The summed E-state index contributed by atoms with van der Waals surface area (Å²) in [6, 6.07) is 68.2. The fraction of sp³-hybridized carbons (Fsp3) is 0.632. The van der Waals surface area contributed by atoms with E-state index in [0.29, 0.717) is 23.0 Å². The summed E-state index contributed by atoms with van der Waals surface area (Å²) in [6.07, 6.45) is 36.8. The Morgan fingerprint density at radius 1 is 0.237 bits per heavy atom. The number of thiol groups is 1. The van der Waals surface area contributed by atoms with Gasteiger partial charge in [-0.15, -0.1) is 53.5 Å². The molecule has 0 amide bonds. The molecule has 8 N–H and O–H groups in total. The third kappa shape index (κ3) is 52.3. The molecule has 8 fully saturated rings. The van der Waals surface area contributed by atoms with E-state index < -0.39 is 0 Å². The summed E-state index contributed by atoms with van der Waals surface area (Å²) < 4.78 is 20.2. The van der Waals surface area contributed by atoms with Crippen LogP contribution in [0.15, 0.2) is 227 Å². The zero-order valence-corrected chi connectivity index (χ0v) is 93.0. The molecule has 8 aliphatic rings. The molecule has 0 aromatic heterocycles. The van der Waals surface area contributed by atoms with Crippen molar-refractivity contribution in [2.24, 2.45) is 43.3 Å². The van der Waals surface area contributed by atoms with Crippen molar-refractivity contribution in [2.45, 2.75) is 396 Å². The second kappa shape index (κ2) is 76.4. The van der Waals surface area contributed by atoms with Crippen molar-refractivity contribution in [1.82, 2.24) is 0 Å². The minimum atomic E-state index is -0.223. The summed E-state index contributed by atoms with van der Waals surface area (Å²) >= 11 is 12.7. The predicted octanol–water partition coefficient (Wildman–Crippen LogP) is 32.2. The Labute approximate surface area is 927 Å². The number of aliphatic hydroxyl groups is 8. The average molecular weight is 2220 g/mol. The summed E-state index contributed by atoms with van der Waals surface area (Å²) in [5.41, 5.74) is 1.57. The van der Waals surface area contributed by atoms with Gasteiger partial charge in [-0.05, 0) is 282 Å².